The molecule has 0 radical (unpaired) electrons. The first-order chi connectivity index (χ1) is 11.5. The van der Waals surface area contributed by atoms with Crippen molar-refractivity contribution in [2.24, 2.45) is 0 Å². The highest BCUT2D eigenvalue weighted by Crippen LogP contribution is 2.19. The van der Waals surface area contributed by atoms with Crippen molar-refractivity contribution in [3.8, 4) is 0 Å². The lowest BCUT2D eigenvalue weighted by Crippen LogP contribution is -2.29. The Kier molecular flexibility index (Phi) is 6.42. The van der Waals surface area contributed by atoms with Gasteiger partial charge in [-0.1, -0.05) is 30.3 Å². The number of nitrogens with zero attached hydrogens (tertiary/aromatic N) is 1. The van der Waals surface area contributed by atoms with Gasteiger partial charge < -0.3 is 10.1 Å². The molecule has 1 unspecified atom stereocenters. The van der Waals surface area contributed by atoms with Crippen molar-refractivity contribution in [1.29, 1.82) is 0 Å². The SMILES string of the molecule is CS(=O)(=O)NCCOC(C(=O)Nc1cccnc1)c1ccccc1. The van der Waals surface area contributed by atoms with Crippen molar-refractivity contribution in [1.82, 2.24) is 9.71 Å². The number of sulfonamides is 1. The van der Waals surface area contributed by atoms with Gasteiger partial charge in [-0.05, 0) is 17.7 Å². The third-order valence-corrected chi connectivity index (χ3v) is 3.75. The minimum absolute atomic E-state index is 0.0626. The van der Waals surface area contributed by atoms with Crippen LogP contribution in [0.1, 0.15) is 11.7 Å². The highest BCUT2D eigenvalue weighted by Gasteiger charge is 2.21. The Bertz CT molecular complexity index is 751. The van der Waals surface area contributed by atoms with Crippen LogP contribution in [0.2, 0.25) is 0 Å². The molecular weight excluding hydrogens is 330 g/mol. The van der Waals surface area contributed by atoms with Crippen molar-refractivity contribution < 1.29 is 17.9 Å². The molecule has 2 N–H and O–H groups in total. The largest absolute Gasteiger partial charge is 0.362 e. The van der Waals surface area contributed by atoms with E-state index in [1.165, 1.54) is 6.20 Å². The number of carbonyl (C=O) groups excluding carboxylic acids is 1. The van der Waals surface area contributed by atoms with E-state index in [0.29, 0.717) is 11.3 Å². The van der Waals surface area contributed by atoms with Crippen LogP contribution in [-0.4, -0.2) is 38.7 Å². The Morgan fingerprint density at radius 1 is 1.21 bits per heavy atom. The van der Waals surface area contributed by atoms with Gasteiger partial charge in [-0.25, -0.2) is 13.1 Å². The molecule has 2 rings (SSSR count). The van der Waals surface area contributed by atoms with Crippen LogP contribution in [0.25, 0.3) is 0 Å². The summed E-state index contributed by atoms with van der Waals surface area (Å²) in [4.78, 5) is 16.4. The summed E-state index contributed by atoms with van der Waals surface area (Å²) in [6, 6.07) is 12.4. The summed E-state index contributed by atoms with van der Waals surface area (Å²) in [7, 11) is -3.29. The fourth-order valence-corrected chi connectivity index (χ4v) is 2.45. The molecule has 0 saturated heterocycles. The Morgan fingerprint density at radius 3 is 2.58 bits per heavy atom. The van der Waals surface area contributed by atoms with Crippen LogP contribution in [0.3, 0.4) is 0 Å². The molecule has 24 heavy (non-hydrogen) atoms. The number of nitrogens with one attached hydrogen (secondary N) is 2. The van der Waals surface area contributed by atoms with Gasteiger partial charge in [0.2, 0.25) is 10.0 Å². The number of carbonyl (C=O) groups is 1. The third kappa shape index (κ3) is 6.07. The molecule has 0 fully saturated rings. The van der Waals surface area contributed by atoms with Gasteiger partial charge in [-0.3, -0.25) is 9.78 Å². The van der Waals surface area contributed by atoms with E-state index >= 15 is 0 Å². The van der Waals surface area contributed by atoms with Gasteiger partial charge in [-0.15, -0.1) is 0 Å². The van der Waals surface area contributed by atoms with Crippen LogP contribution in [-0.2, 0) is 19.6 Å². The Hall–Kier alpha value is -2.29. The normalized spacial score (nSPS) is 12.5. The van der Waals surface area contributed by atoms with Crippen LogP contribution in [0.4, 0.5) is 5.69 Å². The van der Waals surface area contributed by atoms with E-state index < -0.39 is 16.1 Å². The van der Waals surface area contributed by atoms with Gasteiger partial charge in [0, 0.05) is 12.7 Å². The summed E-state index contributed by atoms with van der Waals surface area (Å²) < 4.78 is 30.1. The van der Waals surface area contributed by atoms with Gasteiger partial charge in [0.15, 0.2) is 6.10 Å². The van der Waals surface area contributed by atoms with Crippen LogP contribution in [0, 0.1) is 0 Å². The molecule has 0 spiro atoms. The smallest absolute Gasteiger partial charge is 0.258 e. The average Bonchev–Trinajstić information content (AvgIpc) is 2.55. The number of benzene rings is 1. The first-order valence-electron chi connectivity index (χ1n) is 7.28. The van der Waals surface area contributed by atoms with E-state index in [0.717, 1.165) is 6.26 Å². The van der Waals surface area contributed by atoms with E-state index in [1.54, 1.807) is 42.6 Å². The van der Waals surface area contributed by atoms with E-state index in [2.05, 4.69) is 15.0 Å². The molecule has 0 bridgehead atoms. The Balaban J connectivity index is 2.04. The van der Waals surface area contributed by atoms with E-state index in [1.807, 2.05) is 6.07 Å². The van der Waals surface area contributed by atoms with Crippen molar-refractivity contribution >= 4 is 21.6 Å². The average molecular weight is 349 g/mol. The number of ether oxygens (including phenoxy) is 1. The topological polar surface area (TPSA) is 97.4 Å². The molecule has 1 heterocycles. The van der Waals surface area contributed by atoms with Gasteiger partial charge in [0.05, 0.1) is 24.7 Å². The van der Waals surface area contributed by atoms with Crippen molar-refractivity contribution in [3.05, 3.63) is 60.4 Å². The van der Waals surface area contributed by atoms with Gasteiger partial charge in [0.25, 0.3) is 5.91 Å². The predicted octanol–water partition coefficient (Wildman–Crippen LogP) is 1.33. The zero-order valence-electron chi connectivity index (χ0n) is 13.2. The van der Waals surface area contributed by atoms with Gasteiger partial charge in [-0.2, -0.15) is 0 Å². The number of anilines is 1. The number of aromatic nitrogens is 1. The Labute approximate surface area is 141 Å². The maximum atomic E-state index is 12.5. The van der Waals surface area contributed by atoms with Crippen molar-refractivity contribution in [3.63, 3.8) is 0 Å². The number of pyridine rings is 1. The minimum Gasteiger partial charge on any atom is -0.362 e. The molecule has 0 aliphatic heterocycles. The van der Waals surface area contributed by atoms with E-state index in [-0.39, 0.29) is 19.1 Å². The lowest BCUT2D eigenvalue weighted by molar-refractivity contribution is -0.127. The summed E-state index contributed by atoms with van der Waals surface area (Å²) in [6.45, 7) is 0.148. The maximum absolute atomic E-state index is 12.5. The molecule has 1 atom stereocenters. The minimum atomic E-state index is -3.29. The molecule has 128 valence electrons. The number of amides is 1. The first-order valence-corrected chi connectivity index (χ1v) is 9.17. The molecule has 0 aliphatic rings. The molecular formula is C16H19N3O4S. The fourth-order valence-electron chi connectivity index (χ4n) is 2.00. The van der Waals surface area contributed by atoms with E-state index in [4.69, 9.17) is 4.74 Å². The van der Waals surface area contributed by atoms with Gasteiger partial charge >= 0.3 is 0 Å². The monoisotopic (exact) mass is 349 g/mol. The standard InChI is InChI=1S/C16H19N3O4S/c1-24(21,22)18-10-11-23-15(13-6-3-2-4-7-13)16(20)19-14-8-5-9-17-12-14/h2-9,12,15,18H,10-11H2,1H3,(H,19,20). The highest BCUT2D eigenvalue weighted by molar-refractivity contribution is 7.88. The molecule has 7 nitrogen and oxygen atoms in total. The maximum Gasteiger partial charge on any atom is 0.258 e. The van der Waals surface area contributed by atoms with Gasteiger partial charge in [0.1, 0.15) is 0 Å². The second kappa shape index (κ2) is 8.53. The molecule has 1 aromatic carbocycles. The summed E-state index contributed by atoms with van der Waals surface area (Å²) in [6.07, 6.45) is 3.35. The first kappa shape index (κ1) is 18.1. The summed E-state index contributed by atoms with van der Waals surface area (Å²) in [5.41, 5.74) is 1.24. The summed E-state index contributed by atoms with van der Waals surface area (Å²) in [5.74, 6) is -0.353. The molecule has 8 heteroatoms. The molecule has 1 amide bonds. The fraction of sp³-hybridized carbons (Fsp3) is 0.250. The second-order valence-corrected chi connectivity index (χ2v) is 6.89. The van der Waals surface area contributed by atoms with Crippen LogP contribution < -0.4 is 10.0 Å². The van der Waals surface area contributed by atoms with Crippen molar-refractivity contribution in [2.45, 2.75) is 6.10 Å². The summed E-state index contributed by atoms with van der Waals surface area (Å²) in [5, 5.41) is 2.73. The second-order valence-electron chi connectivity index (χ2n) is 5.06. The number of rotatable bonds is 8. The highest BCUT2D eigenvalue weighted by atomic mass is 32.2. The van der Waals surface area contributed by atoms with Crippen LogP contribution >= 0.6 is 0 Å². The lowest BCUT2D eigenvalue weighted by Gasteiger charge is -2.18. The van der Waals surface area contributed by atoms with Crippen LogP contribution in [0.15, 0.2) is 54.9 Å². The quantitative estimate of drug-likeness (QED) is 0.701. The zero-order valence-corrected chi connectivity index (χ0v) is 14.0. The third-order valence-electron chi connectivity index (χ3n) is 3.02. The number of hydrogen-bond acceptors (Lipinski definition) is 5. The predicted molar refractivity (Wildman–Crippen MR) is 90.8 cm³/mol. The van der Waals surface area contributed by atoms with Crippen molar-refractivity contribution in [2.75, 3.05) is 24.7 Å². The summed E-state index contributed by atoms with van der Waals surface area (Å²) >= 11 is 0. The lowest BCUT2D eigenvalue weighted by atomic mass is 10.1. The Morgan fingerprint density at radius 2 is 1.96 bits per heavy atom. The van der Waals surface area contributed by atoms with E-state index in [9.17, 15) is 13.2 Å². The zero-order chi connectivity index (χ0) is 17.4. The van der Waals surface area contributed by atoms with Crippen LogP contribution in [0.5, 0.6) is 0 Å². The molecule has 0 saturated carbocycles. The number of hydrogen-bond donors (Lipinski definition) is 2. The molecule has 1 aromatic heterocycles. The molecule has 2 aromatic rings. The molecule has 0 aliphatic carbocycles.